The van der Waals surface area contributed by atoms with E-state index in [9.17, 15) is 0 Å². The number of ether oxygens (including phenoxy) is 1. The summed E-state index contributed by atoms with van der Waals surface area (Å²) in [6.45, 7) is 10.4. The van der Waals surface area contributed by atoms with Crippen molar-refractivity contribution in [1.29, 1.82) is 0 Å². The Balaban J connectivity index is 0. The average Bonchev–Trinajstić information content (AvgIpc) is 2.25. The lowest BCUT2D eigenvalue weighted by Crippen LogP contribution is -2.33. The average molecular weight is 189 g/mol. The van der Waals surface area contributed by atoms with E-state index in [1.165, 1.54) is 25.9 Å². The lowest BCUT2D eigenvalue weighted by molar-refractivity contribution is 0.0484. The second-order valence-electron chi connectivity index (χ2n) is 2.74. The molecule has 0 unspecified atom stereocenters. The van der Waals surface area contributed by atoms with E-state index in [2.05, 4.69) is 11.9 Å². The van der Waals surface area contributed by atoms with Gasteiger partial charge in [0.25, 0.3) is 0 Å². The Morgan fingerprint density at radius 1 is 1.00 bits per heavy atom. The van der Waals surface area contributed by atoms with Crippen LogP contribution in [0.4, 0.5) is 0 Å². The van der Waals surface area contributed by atoms with Gasteiger partial charge in [0, 0.05) is 20.2 Å². The third kappa shape index (κ3) is 8.26. The summed E-state index contributed by atoms with van der Waals surface area (Å²) in [6.07, 6.45) is 2.93. The van der Waals surface area contributed by atoms with Crippen LogP contribution in [0.1, 0.15) is 40.5 Å². The molecule has 0 saturated carbocycles. The highest BCUT2D eigenvalue weighted by atomic mass is 16.5. The van der Waals surface area contributed by atoms with Gasteiger partial charge in [-0.3, -0.25) is 0 Å². The van der Waals surface area contributed by atoms with E-state index in [0.717, 1.165) is 0 Å². The molecule has 13 heavy (non-hydrogen) atoms. The third-order valence-electron chi connectivity index (χ3n) is 2.00. The van der Waals surface area contributed by atoms with Crippen LogP contribution in [0.2, 0.25) is 0 Å². The van der Waals surface area contributed by atoms with Crippen molar-refractivity contribution in [2.75, 3.05) is 27.2 Å². The van der Waals surface area contributed by atoms with Crippen LogP contribution in [-0.2, 0) is 4.74 Å². The summed E-state index contributed by atoms with van der Waals surface area (Å²) in [6, 6.07) is 0. The first kappa shape index (κ1) is 15.4. The Labute approximate surface area is 84.3 Å². The van der Waals surface area contributed by atoms with E-state index in [0.29, 0.717) is 6.10 Å². The first-order valence-corrected chi connectivity index (χ1v) is 5.54. The predicted molar refractivity (Wildman–Crippen MR) is 60.2 cm³/mol. The Morgan fingerprint density at radius 3 is 1.69 bits per heavy atom. The molecule has 0 atom stereocenters. The second-order valence-corrected chi connectivity index (χ2v) is 2.74. The number of likely N-dealkylation sites (tertiary alicyclic amines) is 1. The van der Waals surface area contributed by atoms with E-state index in [-0.39, 0.29) is 0 Å². The summed E-state index contributed by atoms with van der Waals surface area (Å²) in [5.41, 5.74) is 0. The van der Waals surface area contributed by atoms with Crippen LogP contribution in [0, 0.1) is 0 Å². The molecule has 0 bridgehead atoms. The molecule has 1 aliphatic rings. The molecule has 0 radical (unpaired) electrons. The quantitative estimate of drug-likeness (QED) is 0.629. The molecular weight excluding hydrogens is 162 g/mol. The van der Waals surface area contributed by atoms with Gasteiger partial charge in [-0.15, -0.1) is 0 Å². The highest BCUT2D eigenvalue weighted by Gasteiger charge is 2.14. The molecule has 0 aliphatic carbocycles. The zero-order chi connectivity index (χ0) is 10.7. The van der Waals surface area contributed by atoms with E-state index in [1.807, 2.05) is 27.7 Å². The summed E-state index contributed by atoms with van der Waals surface area (Å²) in [7, 11) is 3.96. The van der Waals surface area contributed by atoms with Gasteiger partial charge >= 0.3 is 0 Å². The summed E-state index contributed by atoms with van der Waals surface area (Å²) >= 11 is 0. The SMILES string of the molecule is CC.CC.COC1CCN(C)CC1. The predicted octanol–water partition coefficient (Wildman–Crippen LogP) is 2.78. The number of methoxy groups -OCH3 is 1. The fraction of sp³-hybridized carbons (Fsp3) is 1.00. The van der Waals surface area contributed by atoms with Gasteiger partial charge in [0.1, 0.15) is 0 Å². The molecule has 0 amide bonds. The van der Waals surface area contributed by atoms with Crippen molar-refractivity contribution < 1.29 is 4.74 Å². The highest BCUT2D eigenvalue weighted by molar-refractivity contribution is 4.68. The molecule has 0 aromatic carbocycles. The molecule has 1 rings (SSSR count). The lowest BCUT2D eigenvalue weighted by Gasteiger charge is -2.27. The van der Waals surface area contributed by atoms with Crippen LogP contribution in [-0.4, -0.2) is 38.3 Å². The van der Waals surface area contributed by atoms with Crippen LogP contribution in [0.5, 0.6) is 0 Å². The number of rotatable bonds is 1. The van der Waals surface area contributed by atoms with E-state index in [4.69, 9.17) is 4.74 Å². The molecule has 2 heteroatoms. The molecule has 1 saturated heterocycles. The molecule has 1 heterocycles. The van der Waals surface area contributed by atoms with Crippen LogP contribution in [0.3, 0.4) is 0 Å². The normalized spacial score (nSPS) is 18.0. The van der Waals surface area contributed by atoms with E-state index >= 15 is 0 Å². The number of nitrogens with zero attached hydrogens (tertiary/aromatic N) is 1. The lowest BCUT2D eigenvalue weighted by atomic mass is 10.1. The highest BCUT2D eigenvalue weighted by Crippen LogP contribution is 2.10. The number of piperidine rings is 1. The summed E-state index contributed by atoms with van der Waals surface area (Å²) in [4.78, 5) is 2.34. The van der Waals surface area contributed by atoms with Gasteiger partial charge in [0.15, 0.2) is 0 Å². The van der Waals surface area contributed by atoms with Crippen molar-refractivity contribution in [2.45, 2.75) is 46.6 Å². The molecule has 2 nitrogen and oxygen atoms in total. The molecule has 0 aromatic heterocycles. The number of hydrogen-bond donors (Lipinski definition) is 0. The van der Waals surface area contributed by atoms with Gasteiger partial charge in [0.2, 0.25) is 0 Å². The van der Waals surface area contributed by atoms with Crippen LogP contribution >= 0.6 is 0 Å². The maximum Gasteiger partial charge on any atom is 0.0595 e. The van der Waals surface area contributed by atoms with Gasteiger partial charge < -0.3 is 9.64 Å². The summed E-state index contributed by atoms with van der Waals surface area (Å²) in [5.74, 6) is 0. The maximum absolute atomic E-state index is 5.21. The molecule has 0 spiro atoms. The molecule has 1 aliphatic heterocycles. The van der Waals surface area contributed by atoms with Gasteiger partial charge in [-0.25, -0.2) is 0 Å². The Bertz CT molecular complexity index is 78.2. The molecule has 1 fully saturated rings. The minimum atomic E-state index is 0.529. The Hall–Kier alpha value is -0.0800. The fourth-order valence-corrected chi connectivity index (χ4v) is 1.22. The van der Waals surface area contributed by atoms with E-state index in [1.54, 1.807) is 7.11 Å². The van der Waals surface area contributed by atoms with E-state index < -0.39 is 0 Å². The standard InChI is InChI=1S/C7H15NO.2C2H6/c1-8-5-3-7(9-2)4-6-8;2*1-2/h7H,3-6H2,1-2H3;2*1-2H3. The minimum absolute atomic E-state index is 0.529. The molecule has 0 aromatic rings. The zero-order valence-electron chi connectivity index (χ0n) is 10.3. The summed E-state index contributed by atoms with van der Waals surface area (Å²) in [5, 5.41) is 0. The van der Waals surface area contributed by atoms with Crippen molar-refractivity contribution >= 4 is 0 Å². The largest absolute Gasteiger partial charge is 0.381 e. The Morgan fingerprint density at radius 2 is 1.38 bits per heavy atom. The first-order valence-electron chi connectivity index (χ1n) is 5.54. The number of hydrogen-bond acceptors (Lipinski definition) is 2. The van der Waals surface area contributed by atoms with Crippen LogP contribution < -0.4 is 0 Å². The summed E-state index contributed by atoms with van der Waals surface area (Å²) < 4.78 is 5.21. The van der Waals surface area contributed by atoms with Crippen LogP contribution in [0.15, 0.2) is 0 Å². The fourth-order valence-electron chi connectivity index (χ4n) is 1.22. The van der Waals surface area contributed by atoms with Gasteiger partial charge in [0.05, 0.1) is 6.10 Å². The molecular formula is C11H27NO. The monoisotopic (exact) mass is 189 g/mol. The van der Waals surface area contributed by atoms with Crippen molar-refractivity contribution in [3.05, 3.63) is 0 Å². The van der Waals surface area contributed by atoms with Crippen molar-refractivity contribution in [1.82, 2.24) is 4.90 Å². The van der Waals surface area contributed by atoms with Crippen LogP contribution in [0.25, 0.3) is 0 Å². The van der Waals surface area contributed by atoms with Crippen molar-refractivity contribution in [2.24, 2.45) is 0 Å². The first-order chi connectivity index (χ1) is 6.33. The maximum atomic E-state index is 5.21. The van der Waals surface area contributed by atoms with Gasteiger partial charge in [-0.1, -0.05) is 27.7 Å². The smallest absolute Gasteiger partial charge is 0.0595 e. The van der Waals surface area contributed by atoms with Crippen molar-refractivity contribution in [3.8, 4) is 0 Å². The topological polar surface area (TPSA) is 12.5 Å². The Kier molecular flexibility index (Phi) is 14.1. The molecule has 82 valence electrons. The minimum Gasteiger partial charge on any atom is -0.381 e. The third-order valence-corrected chi connectivity index (χ3v) is 2.00. The van der Waals surface area contributed by atoms with Gasteiger partial charge in [-0.2, -0.15) is 0 Å². The molecule has 0 N–H and O–H groups in total. The van der Waals surface area contributed by atoms with Crippen molar-refractivity contribution in [3.63, 3.8) is 0 Å². The van der Waals surface area contributed by atoms with Gasteiger partial charge in [-0.05, 0) is 19.9 Å². The second kappa shape index (κ2) is 11.9. The zero-order valence-corrected chi connectivity index (χ0v) is 10.3.